The van der Waals surface area contributed by atoms with E-state index in [1.54, 1.807) is 0 Å². The van der Waals surface area contributed by atoms with E-state index in [1.165, 1.54) is 12.1 Å². The maximum atomic E-state index is 13.5. The van der Waals surface area contributed by atoms with E-state index < -0.39 is 17.5 Å². The van der Waals surface area contributed by atoms with E-state index in [4.69, 9.17) is 9.47 Å². The minimum atomic E-state index is -1.37. The average Bonchev–Trinajstić information content (AvgIpc) is 3.08. The van der Waals surface area contributed by atoms with Crippen molar-refractivity contribution in [3.8, 4) is 0 Å². The van der Waals surface area contributed by atoms with E-state index in [-0.39, 0.29) is 11.7 Å². The van der Waals surface area contributed by atoms with Gasteiger partial charge < -0.3 is 9.47 Å². The summed E-state index contributed by atoms with van der Waals surface area (Å²) in [4.78, 5) is 0. The molecule has 1 aliphatic heterocycles. The largest absolute Gasteiger partial charge is 0.348 e. The second-order valence-corrected chi connectivity index (χ2v) is 7.86. The molecule has 0 unspecified atom stereocenters. The molecule has 25 heavy (non-hydrogen) atoms. The van der Waals surface area contributed by atoms with Crippen molar-refractivity contribution >= 4 is 0 Å². The van der Waals surface area contributed by atoms with Crippen molar-refractivity contribution in [2.75, 3.05) is 13.2 Å². The molecule has 2 nitrogen and oxygen atoms in total. The zero-order valence-electron chi connectivity index (χ0n) is 14.4. The highest BCUT2D eigenvalue weighted by Gasteiger charge is 2.42. The summed E-state index contributed by atoms with van der Waals surface area (Å²) >= 11 is 0. The van der Waals surface area contributed by atoms with Crippen LogP contribution in [0, 0.1) is 29.3 Å². The van der Waals surface area contributed by atoms with Gasteiger partial charge in [-0.15, -0.1) is 0 Å². The Bertz CT molecular complexity index is 586. The third kappa shape index (κ3) is 3.45. The van der Waals surface area contributed by atoms with Gasteiger partial charge in [0, 0.05) is 12.8 Å². The molecule has 0 radical (unpaired) electrons. The lowest BCUT2D eigenvalue weighted by Crippen LogP contribution is -2.37. The van der Waals surface area contributed by atoms with Gasteiger partial charge in [0.1, 0.15) is 0 Å². The van der Waals surface area contributed by atoms with Crippen LogP contribution in [0.5, 0.6) is 0 Å². The predicted octanol–water partition coefficient (Wildman–Crippen LogP) is 5.31. The van der Waals surface area contributed by atoms with E-state index >= 15 is 0 Å². The summed E-state index contributed by atoms with van der Waals surface area (Å²) in [5, 5.41) is 0. The Hall–Kier alpha value is -1.07. The van der Waals surface area contributed by atoms with Gasteiger partial charge in [-0.25, -0.2) is 13.2 Å². The third-order valence-electron chi connectivity index (χ3n) is 6.52. The molecule has 0 atom stereocenters. The van der Waals surface area contributed by atoms with Crippen LogP contribution in [0.4, 0.5) is 13.2 Å². The molecule has 4 rings (SSSR count). The van der Waals surface area contributed by atoms with Gasteiger partial charge >= 0.3 is 0 Å². The van der Waals surface area contributed by atoms with Crippen molar-refractivity contribution in [2.24, 2.45) is 11.8 Å². The summed E-state index contributed by atoms with van der Waals surface area (Å²) in [5.74, 6) is -2.33. The highest BCUT2D eigenvalue weighted by molar-refractivity contribution is 5.23. The molecule has 1 saturated heterocycles. The molecule has 1 aromatic carbocycles. The molecular formula is C20H25F3O2. The van der Waals surface area contributed by atoms with Crippen LogP contribution in [0.1, 0.15) is 62.8 Å². The second kappa shape index (κ2) is 6.92. The monoisotopic (exact) mass is 354 g/mol. The highest BCUT2D eigenvalue weighted by Crippen LogP contribution is 2.46. The van der Waals surface area contributed by atoms with E-state index in [0.29, 0.717) is 30.6 Å². The molecule has 5 heteroatoms. The van der Waals surface area contributed by atoms with Crippen molar-refractivity contribution in [3.05, 3.63) is 35.1 Å². The molecular weight excluding hydrogens is 329 g/mol. The van der Waals surface area contributed by atoms with E-state index in [2.05, 4.69) is 0 Å². The maximum absolute atomic E-state index is 13.5. The summed E-state index contributed by atoms with van der Waals surface area (Å²) in [5.41, 5.74) is 0.602. The van der Waals surface area contributed by atoms with Crippen molar-refractivity contribution in [3.63, 3.8) is 0 Å². The van der Waals surface area contributed by atoms with Gasteiger partial charge in [-0.3, -0.25) is 0 Å². The van der Waals surface area contributed by atoms with Crippen molar-refractivity contribution in [2.45, 2.75) is 63.1 Å². The van der Waals surface area contributed by atoms with Crippen LogP contribution in [0.3, 0.4) is 0 Å². The topological polar surface area (TPSA) is 18.5 Å². The quantitative estimate of drug-likeness (QED) is 0.670. The molecule has 0 aromatic heterocycles. The van der Waals surface area contributed by atoms with Crippen LogP contribution in [0.15, 0.2) is 12.1 Å². The normalized spacial score (nSPS) is 30.0. The molecule has 2 saturated carbocycles. The van der Waals surface area contributed by atoms with Crippen LogP contribution in [0.2, 0.25) is 0 Å². The molecule has 1 heterocycles. The number of benzene rings is 1. The van der Waals surface area contributed by atoms with Gasteiger partial charge in [-0.2, -0.15) is 0 Å². The first-order valence-corrected chi connectivity index (χ1v) is 9.49. The van der Waals surface area contributed by atoms with Gasteiger partial charge in [0.05, 0.1) is 13.2 Å². The summed E-state index contributed by atoms with van der Waals surface area (Å²) in [7, 11) is 0. The van der Waals surface area contributed by atoms with Crippen LogP contribution in [-0.4, -0.2) is 19.0 Å². The lowest BCUT2D eigenvalue weighted by atomic mass is 9.69. The van der Waals surface area contributed by atoms with Gasteiger partial charge in [0.15, 0.2) is 23.2 Å². The van der Waals surface area contributed by atoms with Crippen LogP contribution >= 0.6 is 0 Å². The minimum Gasteiger partial charge on any atom is -0.348 e. The summed E-state index contributed by atoms with van der Waals surface area (Å²) < 4.78 is 51.7. The number of rotatable bonds is 2. The van der Waals surface area contributed by atoms with Crippen LogP contribution in [-0.2, 0) is 9.47 Å². The van der Waals surface area contributed by atoms with E-state index in [0.717, 1.165) is 51.4 Å². The fourth-order valence-electron chi connectivity index (χ4n) is 5.07. The summed E-state index contributed by atoms with van der Waals surface area (Å²) in [6.45, 7) is 1.42. The van der Waals surface area contributed by atoms with Crippen LogP contribution < -0.4 is 0 Å². The van der Waals surface area contributed by atoms with Gasteiger partial charge in [-0.05, 0) is 74.0 Å². The Morgan fingerprint density at radius 1 is 0.760 bits per heavy atom. The maximum Gasteiger partial charge on any atom is 0.194 e. The van der Waals surface area contributed by atoms with E-state index in [1.807, 2.05) is 0 Å². The molecule has 2 aliphatic carbocycles. The Kier molecular flexibility index (Phi) is 4.80. The minimum absolute atomic E-state index is 0.136. The average molecular weight is 354 g/mol. The van der Waals surface area contributed by atoms with Crippen molar-refractivity contribution in [1.82, 2.24) is 0 Å². The first-order chi connectivity index (χ1) is 12.1. The zero-order valence-corrected chi connectivity index (χ0v) is 14.4. The molecule has 3 fully saturated rings. The lowest BCUT2D eigenvalue weighted by Gasteiger charge is -2.41. The SMILES string of the molecule is Fc1cc(C2CCC(C3CCC4(CC3)OCCO4)CC2)cc(F)c1F. The summed E-state index contributed by atoms with van der Waals surface area (Å²) in [6.07, 6.45) is 8.21. The Morgan fingerprint density at radius 2 is 1.28 bits per heavy atom. The molecule has 1 spiro atoms. The standard InChI is InChI=1S/C20H25F3O2/c21-17-11-16(12-18(22)19(17)23)14-3-1-13(2-4-14)15-5-7-20(8-6-15)24-9-10-25-20/h11-15H,1-10H2. The van der Waals surface area contributed by atoms with Gasteiger partial charge in [0.25, 0.3) is 0 Å². The zero-order chi connectivity index (χ0) is 17.4. The number of hydrogen-bond donors (Lipinski definition) is 0. The van der Waals surface area contributed by atoms with Crippen molar-refractivity contribution in [1.29, 1.82) is 0 Å². The highest BCUT2D eigenvalue weighted by atomic mass is 19.2. The first kappa shape index (κ1) is 17.3. The molecule has 1 aromatic rings. The molecule has 3 aliphatic rings. The van der Waals surface area contributed by atoms with Crippen molar-refractivity contribution < 1.29 is 22.6 Å². The molecule has 0 amide bonds. The second-order valence-electron chi connectivity index (χ2n) is 7.86. The Labute approximate surface area is 146 Å². The molecule has 0 bridgehead atoms. The number of hydrogen-bond acceptors (Lipinski definition) is 2. The summed E-state index contributed by atoms with van der Waals surface area (Å²) in [6, 6.07) is 2.34. The Balaban J connectivity index is 1.33. The lowest BCUT2D eigenvalue weighted by molar-refractivity contribution is -0.185. The molecule has 138 valence electrons. The fraction of sp³-hybridized carbons (Fsp3) is 0.700. The van der Waals surface area contributed by atoms with Crippen LogP contribution in [0.25, 0.3) is 0 Å². The smallest absolute Gasteiger partial charge is 0.194 e. The van der Waals surface area contributed by atoms with E-state index in [9.17, 15) is 13.2 Å². The Morgan fingerprint density at radius 3 is 1.84 bits per heavy atom. The number of ether oxygens (including phenoxy) is 2. The predicted molar refractivity (Wildman–Crippen MR) is 87.6 cm³/mol. The fourth-order valence-corrected chi connectivity index (χ4v) is 5.07. The van der Waals surface area contributed by atoms with Gasteiger partial charge in [0.2, 0.25) is 0 Å². The molecule has 0 N–H and O–H groups in total. The third-order valence-corrected chi connectivity index (χ3v) is 6.52. The number of halogens is 3. The van der Waals surface area contributed by atoms with Gasteiger partial charge in [-0.1, -0.05) is 0 Å². The first-order valence-electron chi connectivity index (χ1n) is 9.49.